The Balaban J connectivity index is 1.58. The van der Waals surface area contributed by atoms with Gasteiger partial charge in [0.25, 0.3) is 5.17 Å². The van der Waals surface area contributed by atoms with Crippen molar-refractivity contribution in [3.05, 3.63) is 108 Å². The Morgan fingerprint density at radius 3 is 1.95 bits per heavy atom. The Kier molecular flexibility index (Phi) is 12.4. The van der Waals surface area contributed by atoms with Gasteiger partial charge in [0.15, 0.2) is 0 Å². The predicted octanol–water partition coefficient (Wildman–Crippen LogP) is 6.40. The molecule has 8 nitrogen and oxygen atoms in total. The molecule has 1 heterocycles. The summed E-state index contributed by atoms with van der Waals surface area (Å²) >= 11 is 6.07. The van der Waals surface area contributed by atoms with Crippen LogP contribution in [0.5, 0.6) is 0 Å². The summed E-state index contributed by atoms with van der Waals surface area (Å²) in [6.07, 6.45) is -0.845. The molecule has 1 fully saturated rings. The summed E-state index contributed by atoms with van der Waals surface area (Å²) in [5.41, 5.74) is 3.09. The van der Waals surface area contributed by atoms with E-state index in [0.29, 0.717) is 26.2 Å². The number of rotatable bonds is 15. The Hall–Kier alpha value is -3.27. The van der Waals surface area contributed by atoms with Gasteiger partial charge in [-0.05, 0) is 23.6 Å². The molecular weight excluding hydrogens is 558 g/mol. The third-order valence-corrected chi connectivity index (χ3v) is 7.10. The monoisotopic (exact) mass is 595 g/mol. The molecule has 0 spiro atoms. The van der Waals surface area contributed by atoms with Crippen LogP contribution in [0.15, 0.2) is 96.2 Å². The zero-order valence-electron chi connectivity index (χ0n) is 24.0. The van der Waals surface area contributed by atoms with E-state index in [1.807, 2.05) is 97.9 Å². The van der Waals surface area contributed by atoms with E-state index in [9.17, 15) is 4.79 Å². The minimum atomic E-state index is -1.25. The van der Waals surface area contributed by atoms with Crippen LogP contribution >= 0.6 is 11.6 Å². The number of halogens is 1. The van der Waals surface area contributed by atoms with Crippen molar-refractivity contribution in [1.29, 1.82) is 0 Å². The van der Waals surface area contributed by atoms with Crippen LogP contribution in [0.2, 0.25) is 0 Å². The topological polar surface area (TPSA) is 84.8 Å². The van der Waals surface area contributed by atoms with E-state index < -0.39 is 35.2 Å². The Labute approximate surface area is 252 Å². The first kappa shape index (κ1) is 31.7. The second-order valence-electron chi connectivity index (χ2n) is 9.92. The molecule has 224 valence electrons. The van der Waals surface area contributed by atoms with Crippen molar-refractivity contribution in [3.63, 3.8) is 0 Å². The number of carbonyl (C=O) groups is 1. The lowest BCUT2D eigenvalue weighted by Crippen LogP contribution is -2.58. The number of benzene rings is 3. The average molecular weight is 596 g/mol. The van der Waals surface area contributed by atoms with E-state index >= 15 is 0 Å². The Morgan fingerprint density at radius 2 is 1.40 bits per heavy atom. The molecule has 1 saturated heterocycles. The highest BCUT2D eigenvalue weighted by Crippen LogP contribution is 2.37. The van der Waals surface area contributed by atoms with E-state index in [1.54, 1.807) is 6.92 Å². The highest BCUT2D eigenvalue weighted by Gasteiger charge is 2.50. The van der Waals surface area contributed by atoms with Crippen molar-refractivity contribution in [2.45, 2.75) is 70.6 Å². The zero-order chi connectivity index (χ0) is 29.6. The lowest BCUT2D eigenvalue weighted by atomic mass is 9.93. The molecule has 3 aromatic rings. The molecule has 1 aliphatic rings. The van der Waals surface area contributed by atoms with Gasteiger partial charge in [0.05, 0.1) is 39.1 Å². The first-order valence-electron chi connectivity index (χ1n) is 14.2. The normalized spacial score (nSPS) is 22.5. The quantitative estimate of drug-likeness (QED) is 0.114. The maximum absolute atomic E-state index is 12.1. The van der Waals surface area contributed by atoms with Crippen molar-refractivity contribution < 1.29 is 33.3 Å². The fourth-order valence-corrected chi connectivity index (χ4v) is 4.75. The van der Waals surface area contributed by atoms with Gasteiger partial charge in [-0.3, -0.25) is 0 Å². The zero-order valence-corrected chi connectivity index (χ0v) is 24.8. The molecule has 1 aliphatic heterocycles. The van der Waals surface area contributed by atoms with E-state index in [4.69, 9.17) is 40.1 Å². The van der Waals surface area contributed by atoms with E-state index in [-0.39, 0.29) is 19.6 Å². The van der Waals surface area contributed by atoms with Crippen LogP contribution in [0.1, 0.15) is 43.4 Å². The van der Waals surface area contributed by atoms with Crippen LogP contribution in [0, 0.1) is 0 Å². The molecule has 0 N–H and O–H groups in total. The number of hydrogen-bond acceptors (Lipinski definition) is 8. The average Bonchev–Trinajstić information content (AvgIpc) is 3.03. The standard InChI is InChI=1S/C33H38ClNO7/c1-3-33(42-35-31(34)32(36)38-4-2)20-28(39-22-26-16-10-6-11-17-26)30(40-23-27-18-12-7-13-19-27)29(41-33)24-37-21-25-14-8-5-9-15-25/h5-19,28-30H,3-4,20-24H2,1-2H3/b35-31-/t28-,29-,30-,33-/m1/s1. The number of hydrogen-bond donors (Lipinski definition) is 0. The Bertz CT molecular complexity index is 1250. The number of esters is 1. The van der Waals surface area contributed by atoms with Gasteiger partial charge in [-0.1, -0.05) is 115 Å². The molecule has 0 aromatic heterocycles. The summed E-state index contributed by atoms with van der Waals surface area (Å²) in [4.78, 5) is 18.0. The lowest BCUT2D eigenvalue weighted by molar-refractivity contribution is -0.337. The SMILES string of the molecule is CCOC(=O)/C(Cl)=N/O[C@]1(CC)C[C@@H](OCc2ccccc2)[C@@H](OCc2ccccc2)[C@@H](COCc2ccccc2)O1. The summed E-state index contributed by atoms with van der Waals surface area (Å²) < 4.78 is 30.6. The maximum atomic E-state index is 12.1. The largest absolute Gasteiger partial charge is 0.461 e. The summed E-state index contributed by atoms with van der Waals surface area (Å²) in [5, 5.41) is 3.47. The van der Waals surface area contributed by atoms with Gasteiger partial charge in [0.2, 0.25) is 5.79 Å². The molecule has 0 bridgehead atoms. The third-order valence-electron chi connectivity index (χ3n) is 6.87. The van der Waals surface area contributed by atoms with Crippen LogP contribution in [-0.4, -0.2) is 48.5 Å². The fourth-order valence-electron chi connectivity index (χ4n) is 4.66. The van der Waals surface area contributed by atoms with Gasteiger partial charge >= 0.3 is 5.97 Å². The smallest absolute Gasteiger partial charge is 0.372 e. The molecule has 4 rings (SSSR count). The highest BCUT2D eigenvalue weighted by atomic mass is 35.5. The summed E-state index contributed by atoms with van der Waals surface area (Å²) in [7, 11) is 0. The van der Waals surface area contributed by atoms with Crippen LogP contribution < -0.4 is 0 Å². The third kappa shape index (κ3) is 9.37. The van der Waals surface area contributed by atoms with Crippen LogP contribution in [0.4, 0.5) is 0 Å². The summed E-state index contributed by atoms with van der Waals surface area (Å²) in [6, 6.07) is 29.8. The molecular formula is C33H38ClNO7. The van der Waals surface area contributed by atoms with Gasteiger partial charge in [0, 0.05) is 12.8 Å². The van der Waals surface area contributed by atoms with Crippen molar-refractivity contribution in [1.82, 2.24) is 0 Å². The molecule has 0 aliphatic carbocycles. The number of oxime groups is 1. The molecule has 3 aromatic carbocycles. The van der Waals surface area contributed by atoms with Crippen LogP contribution in [-0.2, 0) is 53.1 Å². The first-order valence-corrected chi connectivity index (χ1v) is 14.6. The molecule has 42 heavy (non-hydrogen) atoms. The molecule has 0 saturated carbocycles. The van der Waals surface area contributed by atoms with E-state index in [2.05, 4.69) is 5.16 Å². The summed E-state index contributed by atoms with van der Waals surface area (Å²) in [6.45, 7) is 5.09. The molecule has 0 radical (unpaired) electrons. The van der Waals surface area contributed by atoms with Gasteiger partial charge in [-0.25, -0.2) is 4.79 Å². The second-order valence-corrected chi connectivity index (χ2v) is 10.3. The van der Waals surface area contributed by atoms with E-state index in [1.165, 1.54) is 0 Å². The second kappa shape index (κ2) is 16.4. The van der Waals surface area contributed by atoms with Gasteiger partial charge < -0.3 is 28.5 Å². The van der Waals surface area contributed by atoms with Gasteiger partial charge in [-0.2, -0.15) is 0 Å². The Morgan fingerprint density at radius 1 is 0.857 bits per heavy atom. The highest BCUT2D eigenvalue weighted by molar-refractivity contribution is 6.81. The minimum absolute atomic E-state index is 0.163. The van der Waals surface area contributed by atoms with Crippen molar-refractivity contribution in [3.8, 4) is 0 Å². The molecule has 9 heteroatoms. The van der Waals surface area contributed by atoms with Crippen LogP contribution in [0.3, 0.4) is 0 Å². The maximum Gasteiger partial charge on any atom is 0.372 e. The van der Waals surface area contributed by atoms with Crippen LogP contribution in [0.25, 0.3) is 0 Å². The number of carbonyl (C=O) groups excluding carboxylic acids is 1. The van der Waals surface area contributed by atoms with Gasteiger partial charge in [0.1, 0.15) is 12.2 Å². The van der Waals surface area contributed by atoms with E-state index in [0.717, 1.165) is 16.7 Å². The number of ether oxygens (including phenoxy) is 5. The lowest BCUT2D eigenvalue weighted by Gasteiger charge is -2.46. The number of nitrogens with zero attached hydrogens (tertiary/aromatic N) is 1. The summed E-state index contributed by atoms with van der Waals surface area (Å²) in [5.74, 6) is -2.02. The fraction of sp³-hybridized carbons (Fsp3) is 0.394. The minimum Gasteiger partial charge on any atom is -0.461 e. The predicted molar refractivity (Wildman–Crippen MR) is 160 cm³/mol. The first-order chi connectivity index (χ1) is 20.5. The van der Waals surface area contributed by atoms with Crippen molar-refractivity contribution in [2.75, 3.05) is 13.2 Å². The van der Waals surface area contributed by atoms with Crippen molar-refractivity contribution in [2.24, 2.45) is 5.16 Å². The van der Waals surface area contributed by atoms with Crippen molar-refractivity contribution >= 4 is 22.7 Å². The molecule has 4 atom stereocenters. The molecule has 0 unspecified atom stereocenters. The van der Waals surface area contributed by atoms with Gasteiger partial charge in [-0.15, -0.1) is 0 Å². The molecule has 0 amide bonds.